The Morgan fingerprint density at radius 3 is 2.46 bits per heavy atom. The number of ether oxygens (including phenoxy) is 1. The van der Waals surface area contributed by atoms with Crippen LogP contribution in [0, 0.1) is 0 Å². The van der Waals surface area contributed by atoms with E-state index < -0.39 is 5.60 Å². The molecule has 0 aliphatic heterocycles. The van der Waals surface area contributed by atoms with E-state index in [0.717, 1.165) is 0 Å². The SMILES string of the molecule is C=CC(C)(O)C(CC=C(C)C)OC. The molecule has 0 amide bonds. The minimum atomic E-state index is -0.958. The van der Waals surface area contributed by atoms with Crippen LogP contribution in [-0.4, -0.2) is 23.9 Å². The molecule has 0 heterocycles. The summed E-state index contributed by atoms with van der Waals surface area (Å²) in [6, 6.07) is 0. The van der Waals surface area contributed by atoms with E-state index in [4.69, 9.17) is 4.74 Å². The predicted octanol–water partition coefficient (Wildman–Crippen LogP) is 2.29. The number of allylic oxidation sites excluding steroid dienone is 1. The van der Waals surface area contributed by atoms with E-state index in [1.165, 1.54) is 11.6 Å². The van der Waals surface area contributed by atoms with Crippen LogP contribution in [0.25, 0.3) is 0 Å². The molecule has 0 bridgehead atoms. The third-order valence-corrected chi connectivity index (χ3v) is 2.09. The Hall–Kier alpha value is -0.600. The molecule has 0 saturated carbocycles. The van der Waals surface area contributed by atoms with E-state index in [0.29, 0.717) is 6.42 Å². The summed E-state index contributed by atoms with van der Waals surface area (Å²) in [5.41, 5.74) is 0.266. The third kappa shape index (κ3) is 4.25. The molecule has 0 aromatic rings. The van der Waals surface area contributed by atoms with Crippen LogP contribution in [0.1, 0.15) is 27.2 Å². The van der Waals surface area contributed by atoms with Gasteiger partial charge in [0.25, 0.3) is 0 Å². The lowest BCUT2D eigenvalue weighted by atomic mass is 9.96. The van der Waals surface area contributed by atoms with E-state index in [2.05, 4.69) is 6.58 Å². The van der Waals surface area contributed by atoms with Gasteiger partial charge in [-0.15, -0.1) is 6.58 Å². The average Bonchev–Trinajstić information content (AvgIpc) is 2.04. The number of hydrogen-bond donors (Lipinski definition) is 1. The summed E-state index contributed by atoms with van der Waals surface area (Å²) in [7, 11) is 1.60. The minimum Gasteiger partial charge on any atom is -0.383 e. The Balaban J connectivity index is 4.34. The molecule has 2 unspecified atom stereocenters. The second-order valence-corrected chi connectivity index (χ2v) is 3.67. The minimum absolute atomic E-state index is 0.222. The van der Waals surface area contributed by atoms with Crippen molar-refractivity contribution in [2.45, 2.75) is 38.9 Å². The average molecular weight is 184 g/mol. The van der Waals surface area contributed by atoms with Gasteiger partial charge in [0.05, 0.1) is 6.10 Å². The Morgan fingerprint density at radius 1 is 1.62 bits per heavy atom. The Labute approximate surface area is 80.9 Å². The van der Waals surface area contributed by atoms with Crippen LogP contribution < -0.4 is 0 Å². The molecule has 0 aliphatic rings. The first-order valence-electron chi connectivity index (χ1n) is 4.46. The Morgan fingerprint density at radius 2 is 2.15 bits per heavy atom. The van der Waals surface area contributed by atoms with Crippen LogP contribution >= 0.6 is 0 Å². The highest BCUT2D eigenvalue weighted by Crippen LogP contribution is 2.18. The maximum Gasteiger partial charge on any atom is 0.106 e. The van der Waals surface area contributed by atoms with Crippen molar-refractivity contribution in [3.05, 3.63) is 24.3 Å². The van der Waals surface area contributed by atoms with Gasteiger partial charge in [0.15, 0.2) is 0 Å². The normalized spacial score (nSPS) is 17.3. The first-order chi connectivity index (χ1) is 5.94. The van der Waals surface area contributed by atoms with Crippen LogP contribution in [0.15, 0.2) is 24.3 Å². The van der Waals surface area contributed by atoms with Gasteiger partial charge in [-0.1, -0.05) is 17.7 Å². The summed E-state index contributed by atoms with van der Waals surface area (Å²) in [6.45, 7) is 9.33. The monoisotopic (exact) mass is 184 g/mol. The predicted molar refractivity (Wildman–Crippen MR) is 55.7 cm³/mol. The van der Waals surface area contributed by atoms with Gasteiger partial charge in [-0.25, -0.2) is 0 Å². The number of methoxy groups -OCH3 is 1. The molecule has 2 atom stereocenters. The van der Waals surface area contributed by atoms with E-state index >= 15 is 0 Å². The highest BCUT2D eigenvalue weighted by Gasteiger charge is 2.27. The molecule has 76 valence electrons. The summed E-state index contributed by atoms with van der Waals surface area (Å²) in [4.78, 5) is 0. The molecular weight excluding hydrogens is 164 g/mol. The molecule has 13 heavy (non-hydrogen) atoms. The molecule has 1 N–H and O–H groups in total. The summed E-state index contributed by atoms with van der Waals surface area (Å²) in [5.74, 6) is 0. The van der Waals surface area contributed by atoms with Gasteiger partial charge in [0, 0.05) is 7.11 Å². The smallest absolute Gasteiger partial charge is 0.106 e. The van der Waals surface area contributed by atoms with Crippen molar-refractivity contribution in [1.82, 2.24) is 0 Å². The van der Waals surface area contributed by atoms with Gasteiger partial charge in [-0.05, 0) is 27.2 Å². The molecular formula is C11H20O2. The van der Waals surface area contributed by atoms with Crippen molar-refractivity contribution < 1.29 is 9.84 Å². The zero-order chi connectivity index (χ0) is 10.5. The molecule has 0 aliphatic carbocycles. The van der Waals surface area contributed by atoms with Crippen LogP contribution in [0.3, 0.4) is 0 Å². The number of rotatable bonds is 5. The van der Waals surface area contributed by atoms with Gasteiger partial charge >= 0.3 is 0 Å². The fraction of sp³-hybridized carbons (Fsp3) is 0.636. The third-order valence-electron chi connectivity index (χ3n) is 2.09. The first kappa shape index (κ1) is 12.4. The van der Waals surface area contributed by atoms with E-state index in [1.807, 2.05) is 19.9 Å². The van der Waals surface area contributed by atoms with Gasteiger partial charge < -0.3 is 9.84 Å². The molecule has 0 aromatic carbocycles. The van der Waals surface area contributed by atoms with Crippen LogP contribution in [0.4, 0.5) is 0 Å². The summed E-state index contributed by atoms with van der Waals surface area (Å²) >= 11 is 0. The van der Waals surface area contributed by atoms with Gasteiger partial charge in [-0.3, -0.25) is 0 Å². The molecule has 2 heteroatoms. The van der Waals surface area contributed by atoms with Gasteiger partial charge in [0.1, 0.15) is 5.60 Å². The zero-order valence-electron chi connectivity index (χ0n) is 9.00. The highest BCUT2D eigenvalue weighted by molar-refractivity contribution is 5.03. The van der Waals surface area contributed by atoms with Crippen molar-refractivity contribution in [3.8, 4) is 0 Å². The van der Waals surface area contributed by atoms with E-state index in [9.17, 15) is 5.11 Å². The van der Waals surface area contributed by atoms with Crippen molar-refractivity contribution >= 4 is 0 Å². The van der Waals surface area contributed by atoms with Crippen LogP contribution in [0.2, 0.25) is 0 Å². The lowest BCUT2D eigenvalue weighted by molar-refractivity contribution is -0.0485. The van der Waals surface area contributed by atoms with Crippen molar-refractivity contribution in [1.29, 1.82) is 0 Å². The molecule has 0 radical (unpaired) electrons. The van der Waals surface area contributed by atoms with Gasteiger partial charge in [-0.2, -0.15) is 0 Å². The fourth-order valence-corrected chi connectivity index (χ4v) is 1.05. The Kier molecular flexibility index (Phi) is 4.96. The molecule has 2 nitrogen and oxygen atoms in total. The maximum atomic E-state index is 9.82. The summed E-state index contributed by atoms with van der Waals surface area (Å²) < 4.78 is 5.19. The first-order valence-corrected chi connectivity index (χ1v) is 4.46. The highest BCUT2D eigenvalue weighted by atomic mass is 16.5. The topological polar surface area (TPSA) is 29.5 Å². The van der Waals surface area contributed by atoms with Crippen molar-refractivity contribution in [3.63, 3.8) is 0 Å². The van der Waals surface area contributed by atoms with Gasteiger partial charge in [0.2, 0.25) is 0 Å². The second-order valence-electron chi connectivity index (χ2n) is 3.67. The maximum absolute atomic E-state index is 9.82. The molecule has 0 saturated heterocycles. The number of hydrogen-bond acceptors (Lipinski definition) is 2. The van der Waals surface area contributed by atoms with Crippen LogP contribution in [0.5, 0.6) is 0 Å². The molecule has 0 aromatic heterocycles. The summed E-state index contributed by atoms with van der Waals surface area (Å²) in [5, 5.41) is 9.82. The largest absolute Gasteiger partial charge is 0.383 e. The molecule has 0 rings (SSSR count). The second kappa shape index (κ2) is 5.20. The lowest BCUT2D eigenvalue weighted by Crippen LogP contribution is -2.38. The molecule has 0 spiro atoms. The van der Waals surface area contributed by atoms with E-state index in [-0.39, 0.29) is 6.10 Å². The Bertz CT molecular complexity index is 188. The van der Waals surface area contributed by atoms with Crippen molar-refractivity contribution in [2.75, 3.05) is 7.11 Å². The van der Waals surface area contributed by atoms with E-state index in [1.54, 1.807) is 14.0 Å². The summed E-state index contributed by atoms with van der Waals surface area (Å²) in [6.07, 6.45) is 4.05. The van der Waals surface area contributed by atoms with Crippen LogP contribution in [-0.2, 0) is 4.74 Å². The lowest BCUT2D eigenvalue weighted by Gasteiger charge is -2.27. The van der Waals surface area contributed by atoms with Crippen molar-refractivity contribution in [2.24, 2.45) is 0 Å². The zero-order valence-corrected chi connectivity index (χ0v) is 9.00. The molecule has 0 fully saturated rings. The standard InChI is InChI=1S/C11H20O2/c1-6-11(4,12)10(13-5)8-7-9(2)3/h6-7,10,12H,1,8H2,2-5H3. The fourth-order valence-electron chi connectivity index (χ4n) is 1.05. The quantitative estimate of drug-likeness (QED) is 0.664. The number of aliphatic hydroxyl groups is 1.